The monoisotopic (exact) mass is 552 g/mol. The van der Waals surface area contributed by atoms with Crippen LogP contribution in [0, 0.1) is 6.92 Å². The molecule has 7 nitrogen and oxygen atoms in total. The maximum Gasteiger partial charge on any atom is 0.242 e. The Balaban J connectivity index is 1.62. The number of aryl methyl sites for hydroxylation is 1. The highest BCUT2D eigenvalue weighted by Gasteiger charge is 2.39. The molecule has 0 unspecified atom stereocenters. The molecule has 0 saturated carbocycles. The second-order valence-corrected chi connectivity index (χ2v) is 11.3. The quantitative estimate of drug-likeness (QED) is 0.309. The first kappa shape index (κ1) is 26.2. The summed E-state index contributed by atoms with van der Waals surface area (Å²) in [5, 5.41) is 4.93. The lowest BCUT2D eigenvalue weighted by Crippen LogP contribution is -2.43. The molecule has 1 fully saturated rings. The minimum Gasteiger partial charge on any atom is -0.496 e. The Labute approximate surface area is 238 Å². The summed E-state index contributed by atoms with van der Waals surface area (Å²) in [6.45, 7) is 3.50. The molecule has 0 radical (unpaired) electrons. The zero-order valence-corrected chi connectivity index (χ0v) is 23.6. The van der Waals surface area contributed by atoms with Gasteiger partial charge in [-0.1, -0.05) is 66.2 Å². The van der Waals surface area contributed by atoms with Crippen LogP contribution in [0.25, 0.3) is 16.9 Å². The van der Waals surface area contributed by atoms with Crippen molar-refractivity contribution in [2.45, 2.75) is 25.0 Å². The molecule has 1 atom stereocenters. The highest BCUT2D eigenvalue weighted by atomic mass is 32.2. The fourth-order valence-corrected chi connectivity index (χ4v) is 6.75. The Morgan fingerprint density at radius 2 is 1.68 bits per heavy atom. The van der Waals surface area contributed by atoms with E-state index in [2.05, 4.69) is 0 Å². The SMILES string of the molecule is COc1ccccc1[C@H]1SCC(=O)N(CC(=O)N2CCCC2)c2c1c(-c1ccccc1)nn2-c1ccc(C)cc1. The number of hydrogen-bond donors (Lipinski definition) is 0. The predicted octanol–water partition coefficient (Wildman–Crippen LogP) is 5.65. The molecule has 0 aliphatic carbocycles. The van der Waals surface area contributed by atoms with Gasteiger partial charge in [0.2, 0.25) is 11.8 Å². The molecule has 40 heavy (non-hydrogen) atoms. The van der Waals surface area contributed by atoms with E-state index < -0.39 is 0 Å². The molecule has 0 bridgehead atoms. The van der Waals surface area contributed by atoms with Gasteiger partial charge in [-0.2, -0.15) is 5.10 Å². The van der Waals surface area contributed by atoms with Crippen LogP contribution in [0.1, 0.15) is 34.8 Å². The van der Waals surface area contributed by atoms with Crippen molar-refractivity contribution in [3.63, 3.8) is 0 Å². The summed E-state index contributed by atoms with van der Waals surface area (Å²) in [7, 11) is 1.67. The Morgan fingerprint density at radius 1 is 0.975 bits per heavy atom. The van der Waals surface area contributed by atoms with Gasteiger partial charge < -0.3 is 9.64 Å². The van der Waals surface area contributed by atoms with Gasteiger partial charge in [-0.05, 0) is 38.0 Å². The van der Waals surface area contributed by atoms with Crippen LogP contribution < -0.4 is 9.64 Å². The molecule has 6 rings (SSSR count). The van der Waals surface area contributed by atoms with E-state index in [1.165, 1.54) is 0 Å². The number of benzene rings is 3. The Kier molecular flexibility index (Phi) is 7.34. The first-order valence-electron chi connectivity index (χ1n) is 13.6. The van der Waals surface area contributed by atoms with Gasteiger partial charge in [0.25, 0.3) is 0 Å². The van der Waals surface area contributed by atoms with E-state index in [0.29, 0.717) is 5.82 Å². The van der Waals surface area contributed by atoms with Crippen LogP contribution in [0.3, 0.4) is 0 Å². The minimum absolute atomic E-state index is 0.0170. The number of methoxy groups -OCH3 is 1. The molecule has 2 amide bonds. The zero-order chi connectivity index (χ0) is 27.6. The number of ether oxygens (including phenoxy) is 1. The summed E-state index contributed by atoms with van der Waals surface area (Å²) >= 11 is 1.55. The molecule has 0 spiro atoms. The van der Waals surface area contributed by atoms with E-state index in [4.69, 9.17) is 9.84 Å². The average Bonchev–Trinajstić information content (AvgIpc) is 3.64. The van der Waals surface area contributed by atoms with Crippen LogP contribution in [0.4, 0.5) is 5.82 Å². The molecule has 1 aromatic heterocycles. The maximum absolute atomic E-state index is 13.9. The molecule has 8 heteroatoms. The second kappa shape index (κ2) is 11.2. The van der Waals surface area contributed by atoms with Crippen LogP contribution in [0.15, 0.2) is 78.9 Å². The lowest BCUT2D eigenvalue weighted by Gasteiger charge is -2.25. The van der Waals surface area contributed by atoms with Gasteiger partial charge in [-0.15, -0.1) is 11.8 Å². The van der Waals surface area contributed by atoms with Gasteiger partial charge in [0, 0.05) is 29.8 Å². The fraction of sp³-hybridized carbons (Fsp3) is 0.281. The van der Waals surface area contributed by atoms with E-state index in [9.17, 15) is 9.59 Å². The van der Waals surface area contributed by atoms with Crippen LogP contribution in [-0.2, 0) is 9.59 Å². The van der Waals surface area contributed by atoms with E-state index in [1.807, 2.05) is 95.4 Å². The number of nitrogens with zero attached hydrogens (tertiary/aromatic N) is 4. The molecule has 0 N–H and O–H groups in total. The molecule has 4 aromatic rings. The third kappa shape index (κ3) is 4.88. The Morgan fingerprint density at radius 3 is 2.40 bits per heavy atom. The van der Waals surface area contributed by atoms with Crippen molar-refractivity contribution in [2.24, 2.45) is 0 Å². The normalized spacial score (nSPS) is 17.1. The maximum atomic E-state index is 13.9. The van der Waals surface area contributed by atoms with Crippen molar-refractivity contribution in [2.75, 3.05) is 37.4 Å². The van der Waals surface area contributed by atoms with E-state index in [1.54, 1.807) is 23.8 Å². The third-order valence-electron chi connectivity index (χ3n) is 7.59. The number of carbonyl (C=O) groups is 2. The highest BCUT2D eigenvalue weighted by molar-refractivity contribution is 8.00. The van der Waals surface area contributed by atoms with Crippen LogP contribution >= 0.6 is 11.8 Å². The van der Waals surface area contributed by atoms with Crippen molar-refractivity contribution < 1.29 is 14.3 Å². The smallest absolute Gasteiger partial charge is 0.242 e. The molecule has 2 aliphatic rings. The van der Waals surface area contributed by atoms with Crippen molar-refractivity contribution in [3.8, 4) is 22.7 Å². The lowest BCUT2D eigenvalue weighted by molar-refractivity contribution is -0.130. The number of anilines is 1. The van der Waals surface area contributed by atoms with Crippen molar-refractivity contribution >= 4 is 29.4 Å². The average molecular weight is 553 g/mol. The van der Waals surface area contributed by atoms with Gasteiger partial charge in [0.05, 0.1) is 29.5 Å². The first-order chi connectivity index (χ1) is 19.5. The van der Waals surface area contributed by atoms with Crippen LogP contribution in [0.2, 0.25) is 0 Å². The molecular weight excluding hydrogens is 520 g/mol. The number of rotatable bonds is 6. The number of fused-ring (bicyclic) bond motifs is 1. The standard InChI is InChI=1S/C32H32N4O3S/c1-22-14-16-24(17-15-22)36-32-29(30(33-36)23-10-4-3-5-11-23)31(25-12-6-7-13-26(25)39-2)40-21-28(38)35(32)20-27(37)34-18-8-9-19-34/h3-7,10-17,31H,8-9,18-21H2,1-2H3/t31-/m1/s1. The van der Waals surface area contributed by atoms with Crippen LogP contribution in [0.5, 0.6) is 5.75 Å². The largest absolute Gasteiger partial charge is 0.496 e. The molecule has 2 aliphatic heterocycles. The summed E-state index contributed by atoms with van der Waals surface area (Å²) in [4.78, 5) is 30.9. The second-order valence-electron chi connectivity index (χ2n) is 10.2. The van der Waals surface area contributed by atoms with E-state index >= 15 is 0 Å². The number of para-hydroxylation sites is 1. The number of hydrogen-bond acceptors (Lipinski definition) is 5. The van der Waals surface area contributed by atoms with E-state index in [0.717, 1.165) is 65.3 Å². The predicted molar refractivity (Wildman–Crippen MR) is 159 cm³/mol. The lowest BCUT2D eigenvalue weighted by atomic mass is 9.99. The van der Waals surface area contributed by atoms with Crippen molar-refractivity contribution in [3.05, 3.63) is 95.6 Å². The fourth-order valence-electron chi connectivity index (χ4n) is 5.52. The van der Waals surface area contributed by atoms with E-state index in [-0.39, 0.29) is 29.4 Å². The summed E-state index contributed by atoms with van der Waals surface area (Å²) < 4.78 is 7.64. The van der Waals surface area contributed by atoms with Gasteiger partial charge in [0.1, 0.15) is 18.1 Å². The van der Waals surface area contributed by atoms with Gasteiger partial charge in [-0.25, -0.2) is 4.68 Å². The summed E-state index contributed by atoms with van der Waals surface area (Å²) in [6, 6.07) is 26.1. The summed E-state index contributed by atoms with van der Waals surface area (Å²) in [6.07, 6.45) is 1.99. The minimum atomic E-state index is -0.239. The Hall–Kier alpha value is -4.04. The number of thioether (sulfide) groups is 1. The summed E-state index contributed by atoms with van der Waals surface area (Å²) in [5.74, 6) is 1.48. The number of likely N-dealkylation sites (tertiary alicyclic amines) is 1. The van der Waals surface area contributed by atoms with Crippen molar-refractivity contribution in [1.82, 2.24) is 14.7 Å². The highest BCUT2D eigenvalue weighted by Crippen LogP contribution is 2.50. The van der Waals surface area contributed by atoms with Crippen LogP contribution in [-0.4, -0.2) is 59.0 Å². The summed E-state index contributed by atoms with van der Waals surface area (Å²) in [5.41, 5.74) is 5.57. The zero-order valence-electron chi connectivity index (χ0n) is 22.7. The Bertz CT molecular complexity index is 1530. The topological polar surface area (TPSA) is 67.7 Å². The van der Waals surface area contributed by atoms with Gasteiger partial charge in [-0.3, -0.25) is 14.5 Å². The molecular formula is C32H32N4O3S. The molecule has 204 valence electrons. The number of amides is 2. The molecule has 1 saturated heterocycles. The first-order valence-corrected chi connectivity index (χ1v) is 14.7. The van der Waals surface area contributed by atoms with Crippen molar-refractivity contribution in [1.29, 1.82) is 0 Å². The van der Waals surface area contributed by atoms with Gasteiger partial charge in [0.15, 0.2) is 0 Å². The van der Waals surface area contributed by atoms with Gasteiger partial charge >= 0.3 is 0 Å². The third-order valence-corrected chi connectivity index (χ3v) is 8.82. The number of aromatic nitrogens is 2. The number of carbonyl (C=O) groups excluding carboxylic acids is 2. The molecule has 3 aromatic carbocycles. The molecule has 3 heterocycles.